The number of fused-ring (bicyclic) bond motifs is 1. The van der Waals surface area contributed by atoms with Crippen molar-refractivity contribution in [1.29, 1.82) is 0 Å². The monoisotopic (exact) mass is 373 g/mol. The van der Waals surface area contributed by atoms with Gasteiger partial charge in [0, 0.05) is 5.39 Å². The molecule has 136 valence electrons. The van der Waals surface area contributed by atoms with Gasteiger partial charge in [-0.2, -0.15) is 5.10 Å². The van der Waals surface area contributed by atoms with Crippen LogP contribution in [0.4, 0.5) is 0 Å². The van der Waals surface area contributed by atoms with Crippen molar-refractivity contribution in [2.45, 2.75) is 26.4 Å². The lowest BCUT2D eigenvalue weighted by atomic mass is 10.1. The van der Waals surface area contributed by atoms with E-state index in [1.807, 2.05) is 42.8 Å². The molecule has 2 heterocycles. The molecule has 1 atom stereocenters. The van der Waals surface area contributed by atoms with Crippen LogP contribution in [-0.4, -0.2) is 44.0 Å². The van der Waals surface area contributed by atoms with Crippen molar-refractivity contribution in [3.8, 4) is 5.69 Å². The van der Waals surface area contributed by atoms with Crippen molar-refractivity contribution in [2.24, 2.45) is 0 Å². The maximum absolute atomic E-state index is 12.4. The highest BCUT2D eigenvalue weighted by molar-refractivity contribution is 7.20. The van der Waals surface area contributed by atoms with E-state index in [2.05, 4.69) is 10.4 Å². The van der Waals surface area contributed by atoms with Crippen molar-refractivity contribution >= 4 is 33.4 Å². The summed E-state index contributed by atoms with van der Waals surface area (Å²) < 4.78 is 1.81. The highest BCUT2D eigenvalue weighted by atomic mass is 32.1. The van der Waals surface area contributed by atoms with Crippen molar-refractivity contribution < 1.29 is 19.8 Å². The average molecular weight is 373 g/mol. The molecule has 3 aromatic rings. The zero-order valence-electron chi connectivity index (χ0n) is 14.6. The second-order valence-electron chi connectivity index (χ2n) is 6.37. The van der Waals surface area contributed by atoms with Crippen LogP contribution in [-0.2, 0) is 4.79 Å². The first kappa shape index (κ1) is 18.1. The van der Waals surface area contributed by atoms with Gasteiger partial charge < -0.3 is 15.5 Å². The van der Waals surface area contributed by atoms with Crippen LogP contribution in [0.25, 0.3) is 15.9 Å². The van der Waals surface area contributed by atoms with E-state index in [-0.39, 0.29) is 6.54 Å². The van der Waals surface area contributed by atoms with Gasteiger partial charge in [-0.25, -0.2) is 9.48 Å². The minimum absolute atomic E-state index is 0.377. The lowest BCUT2D eigenvalue weighted by Gasteiger charge is -2.17. The zero-order chi connectivity index (χ0) is 19.1. The molecule has 0 saturated heterocycles. The van der Waals surface area contributed by atoms with E-state index in [9.17, 15) is 14.7 Å². The molecule has 0 saturated carbocycles. The summed E-state index contributed by atoms with van der Waals surface area (Å²) in [6.07, 6.45) is 0. The summed E-state index contributed by atoms with van der Waals surface area (Å²) in [6, 6.07) is 9.58. The largest absolute Gasteiger partial charge is 0.479 e. The Labute approximate surface area is 153 Å². The molecule has 0 fully saturated rings. The van der Waals surface area contributed by atoms with Gasteiger partial charge in [0.1, 0.15) is 4.83 Å². The number of carboxylic acids is 1. The molecule has 1 aromatic carbocycles. The van der Waals surface area contributed by atoms with Crippen LogP contribution in [0.3, 0.4) is 0 Å². The molecule has 26 heavy (non-hydrogen) atoms. The molecule has 0 radical (unpaired) electrons. The molecule has 8 heteroatoms. The molecule has 1 unspecified atom stereocenters. The predicted molar refractivity (Wildman–Crippen MR) is 99.0 cm³/mol. The van der Waals surface area contributed by atoms with Gasteiger partial charge in [-0.15, -0.1) is 11.3 Å². The number of carbonyl (C=O) groups is 2. The third-order valence-electron chi connectivity index (χ3n) is 4.17. The Hall–Kier alpha value is -2.71. The minimum Gasteiger partial charge on any atom is -0.479 e. The van der Waals surface area contributed by atoms with Gasteiger partial charge in [-0.05, 0) is 38.5 Å². The lowest BCUT2D eigenvalue weighted by molar-refractivity contribution is -0.155. The van der Waals surface area contributed by atoms with Gasteiger partial charge in [0.15, 0.2) is 5.60 Å². The Morgan fingerprint density at radius 1 is 1.31 bits per heavy atom. The third kappa shape index (κ3) is 3.21. The van der Waals surface area contributed by atoms with Gasteiger partial charge in [-0.1, -0.05) is 18.2 Å². The smallest absolute Gasteiger partial charge is 0.337 e. The minimum atomic E-state index is -2.01. The Morgan fingerprint density at radius 2 is 2.00 bits per heavy atom. The number of rotatable bonds is 5. The van der Waals surface area contributed by atoms with Crippen LogP contribution in [0.15, 0.2) is 30.3 Å². The zero-order valence-corrected chi connectivity index (χ0v) is 15.4. The lowest BCUT2D eigenvalue weighted by Crippen LogP contribution is -2.46. The van der Waals surface area contributed by atoms with Crippen molar-refractivity contribution in [2.75, 3.05) is 6.54 Å². The molecular formula is C18H19N3O4S. The van der Waals surface area contributed by atoms with E-state index in [1.165, 1.54) is 11.3 Å². The standard InChI is InChI=1S/C18H19N3O4S/c1-10-6-4-5-7-13(10)21-16-12(11(2)20-21)8-14(26-16)15(22)19-9-18(3,25)17(23)24/h4-8,25H,9H2,1-3H3,(H,19,22)(H,23,24). The summed E-state index contributed by atoms with van der Waals surface area (Å²) in [4.78, 5) is 24.6. The first-order valence-corrected chi connectivity index (χ1v) is 8.81. The van der Waals surface area contributed by atoms with Crippen LogP contribution < -0.4 is 5.32 Å². The summed E-state index contributed by atoms with van der Waals surface area (Å²) in [6.45, 7) is 4.63. The topological polar surface area (TPSA) is 104 Å². The number of thiophene rings is 1. The fourth-order valence-electron chi connectivity index (χ4n) is 2.54. The van der Waals surface area contributed by atoms with E-state index in [4.69, 9.17) is 5.11 Å². The molecular weight excluding hydrogens is 354 g/mol. The van der Waals surface area contributed by atoms with Crippen molar-refractivity contribution in [3.05, 3.63) is 46.5 Å². The molecule has 0 aliphatic heterocycles. The molecule has 0 aliphatic rings. The number of nitrogens with zero attached hydrogens (tertiary/aromatic N) is 2. The summed E-state index contributed by atoms with van der Waals surface area (Å²) >= 11 is 1.27. The van der Waals surface area contributed by atoms with Crippen LogP contribution in [0.2, 0.25) is 0 Å². The average Bonchev–Trinajstić information content (AvgIpc) is 3.14. The molecule has 1 amide bonds. The molecule has 3 rings (SSSR count). The molecule has 2 aromatic heterocycles. The Kier molecular flexibility index (Phi) is 4.55. The fourth-order valence-corrected chi connectivity index (χ4v) is 3.63. The molecule has 0 bridgehead atoms. The van der Waals surface area contributed by atoms with Crippen molar-refractivity contribution in [1.82, 2.24) is 15.1 Å². The van der Waals surface area contributed by atoms with Crippen molar-refractivity contribution in [3.63, 3.8) is 0 Å². The Morgan fingerprint density at radius 3 is 2.65 bits per heavy atom. The molecule has 0 aliphatic carbocycles. The number of carbonyl (C=O) groups excluding carboxylic acids is 1. The van der Waals surface area contributed by atoms with Crippen LogP contribution >= 0.6 is 11.3 Å². The normalized spacial score (nSPS) is 13.5. The van der Waals surface area contributed by atoms with E-state index < -0.39 is 17.5 Å². The number of para-hydroxylation sites is 1. The highest BCUT2D eigenvalue weighted by Gasteiger charge is 2.30. The second-order valence-corrected chi connectivity index (χ2v) is 7.41. The Bertz CT molecular complexity index is 1000. The number of carboxylic acid groups (broad SMARTS) is 1. The number of benzene rings is 1. The third-order valence-corrected chi connectivity index (χ3v) is 5.28. The number of aliphatic carboxylic acids is 1. The maximum atomic E-state index is 12.4. The summed E-state index contributed by atoms with van der Waals surface area (Å²) in [7, 11) is 0. The number of aromatic nitrogens is 2. The highest BCUT2D eigenvalue weighted by Crippen LogP contribution is 2.31. The molecule has 0 spiro atoms. The Balaban J connectivity index is 1.93. The molecule has 7 nitrogen and oxygen atoms in total. The van der Waals surface area contributed by atoms with E-state index in [0.29, 0.717) is 4.88 Å². The summed E-state index contributed by atoms with van der Waals surface area (Å²) in [5.41, 5.74) is 0.790. The van der Waals surface area contributed by atoms with Gasteiger partial charge in [0.05, 0.1) is 22.8 Å². The molecule has 3 N–H and O–H groups in total. The summed E-state index contributed by atoms with van der Waals surface area (Å²) in [5, 5.41) is 26.6. The van der Waals surface area contributed by atoms with Crippen LogP contribution in [0.5, 0.6) is 0 Å². The van der Waals surface area contributed by atoms with Gasteiger partial charge >= 0.3 is 5.97 Å². The van der Waals surface area contributed by atoms with Crippen LogP contribution in [0.1, 0.15) is 27.9 Å². The summed E-state index contributed by atoms with van der Waals surface area (Å²) in [5.74, 6) is -1.82. The maximum Gasteiger partial charge on any atom is 0.337 e. The van der Waals surface area contributed by atoms with Gasteiger partial charge in [-0.3, -0.25) is 4.79 Å². The number of nitrogens with one attached hydrogen (secondary N) is 1. The number of hydrogen-bond acceptors (Lipinski definition) is 5. The number of amides is 1. The first-order valence-electron chi connectivity index (χ1n) is 8.00. The van der Waals surface area contributed by atoms with Gasteiger partial charge in [0.2, 0.25) is 0 Å². The fraction of sp³-hybridized carbons (Fsp3) is 0.278. The van der Waals surface area contributed by atoms with E-state index in [0.717, 1.165) is 34.1 Å². The van der Waals surface area contributed by atoms with Crippen LogP contribution in [0, 0.1) is 13.8 Å². The van der Waals surface area contributed by atoms with E-state index >= 15 is 0 Å². The number of aryl methyl sites for hydroxylation is 2. The predicted octanol–water partition coefficient (Wildman–Crippen LogP) is 2.27. The second kappa shape index (κ2) is 6.54. The number of aliphatic hydroxyl groups is 1. The first-order chi connectivity index (χ1) is 12.2. The quantitative estimate of drug-likeness (QED) is 0.636. The van der Waals surface area contributed by atoms with E-state index in [1.54, 1.807) is 6.07 Å². The number of hydrogen-bond donors (Lipinski definition) is 3. The SMILES string of the molecule is Cc1ccccc1-n1nc(C)c2cc(C(=O)NCC(C)(O)C(=O)O)sc21. The van der Waals surface area contributed by atoms with Gasteiger partial charge in [0.25, 0.3) is 5.91 Å².